The second-order valence-electron chi connectivity index (χ2n) is 7.37. The fourth-order valence-corrected chi connectivity index (χ4v) is 3.46. The van der Waals surface area contributed by atoms with E-state index < -0.39 is 0 Å². The van der Waals surface area contributed by atoms with E-state index in [1.165, 1.54) is 11.4 Å². The lowest BCUT2D eigenvalue weighted by atomic mass is 10.1. The van der Waals surface area contributed by atoms with E-state index in [-0.39, 0.29) is 0 Å². The average molecular weight is 326 g/mol. The van der Waals surface area contributed by atoms with Crippen LogP contribution in [0.1, 0.15) is 25.2 Å². The summed E-state index contributed by atoms with van der Waals surface area (Å²) < 4.78 is 2.35. The van der Waals surface area contributed by atoms with E-state index in [4.69, 9.17) is 0 Å². The van der Waals surface area contributed by atoms with Crippen molar-refractivity contribution in [2.24, 2.45) is 5.92 Å². The molecule has 2 heterocycles. The molecule has 0 spiro atoms. The van der Waals surface area contributed by atoms with Gasteiger partial charge in [0.25, 0.3) is 0 Å². The minimum Gasteiger partial charge on any atom is -0.333 e. The Morgan fingerprint density at radius 3 is 2.75 bits per heavy atom. The monoisotopic (exact) mass is 326 g/mol. The standard InChI is InChI=1S/C20H30N4/c1-17(2)22(3)13-19-14-23(11-9-18-7-5-4-6-8-18)16-20-21-10-12-24(20)15-19/h4-8,10,12,17,19H,9,11,13-16H2,1-3H3/t19-/m0/s1. The summed E-state index contributed by atoms with van der Waals surface area (Å²) in [5, 5.41) is 0. The van der Waals surface area contributed by atoms with Gasteiger partial charge in [0.1, 0.15) is 5.82 Å². The molecule has 0 fully saturated rings. The van der Waals surface area contributed by atoms with E-state index in [2.05, 4.69) is 76.8 Å². The largest absolute Gasteiger partial charge is 0.333 e. The molecule has 0 saturated carbocycles. The first-order valence-corrected chi connectivity index (χ1v) is 9.08. The van der Waals surface area contributed by atoms with Crippen molar-refractivity contribution in [3.63, 3.8) is 0 Å². The lowest BCUT2D eigenvalue weighted by molar-refractivity contribution is 0.171. The zero-order valence-corrected chi connectivity index (χ0v) is 15.2. The van der Waals surface area contributed by atoms with Gasteiger partial charge >= 0.3 is 0 Å². The fourth-order valence-electron chi connectivity index (χ4n) is 3.46. The summed E-state index contributed by atoms with van der Waals surface area (Å²) in [5.41, 5.74) is 1.42. The van der Waals surface area contributed by atoms with Crippen molar-refractivity contribution in [1.29, 1.82) is 0 Å². The molecular formula is C20H30N4. The van der Waals surface area contributed by atoms with E-state index in [1.54, 1.807) is 0 Å². The van der Waals surface area contributed by atoms with Crippen LogP contribution in [-0.4, -0.2) is 52.1 Å². The molecule has 0 unspecified atom stereocenters. The molecule has 4 heteroatoms. The van der Waals surface area contributed by atoms with Crippen LogP contribution in [0.5, 0.6) is 0 Å². The maximum atomic E-state index is 4.58. The topological polar surface area (TPSA) is 24.3 Å². The van der Waals surface area contributed by atoms with Gasteiger partial charge in [-0.05, 0) is 32.9 Å². The van der Waals surface area contributed by atoms with Gasteiger partial charge in [-0.3, -0.25) is 4.90 Å². The number of imidazole rings is 1. The quantitative estimate of drug-likeness (QED) is 0.816. The molecule has 4 nitrogen and oxygen atoms in total. The molecule has 0 radical (unpaired) electrons. The third-order valence-corrected chi connectivity index (χ3v) is 5.13. The minimum atomic E-state index is 0.591. The van der Waals surface area contributed by atoms with Crippen LogP contribution in [0.3, 0.4) is 0 Å². The smallest absolute Gasteiger partial charge is 0.122 e. The summed E-state index contributed by atoms with van der Waals surface area (Å²) in [7, 11) is 2.23. The lowest BCUT2D eigenvalue weighted by Crippen LogP contribution is -2.38. The predicted molar refractivity (Wildman–Crippen MR) is 98.9 cm³/mol. The van der Waals surface area contributed by atoms with E-state index in [9.17, 15) is 0 Å². The summed E-state index contributed by atoms with van der Waals surface area (Å²) in [6.07, 6.45) is 5.19. The number of aromatic nitrogens is 2. The van der Waals surface area contributed by atoms with Crippen molar-refractivity contribution in [1.82, 2.24) is 19.4 Å². The Morgan fingerprint density at radius 2 is 2.00 bits per heavy atom. The SMILES string of the molecule is CC(C)N(C)C[C@H]1CN(CCc2ccccc2)Cc2nccn2C1. The Balaban J connectivity index is 1.67. The molecule has 130 valence electrons. The molecule has 0 aliphatic carbocycles. The number of nitrogens with zero attached hydrogens (tertiary/aromatic N) is 4. The summed E-state index contributed by atoms with van der Waals surface area (Å²) >= 11 is 0. The zero-order valence-electron chi connectivity index (χ0n) is 15.2. The van der Waals surface area contributed by atoms with Crippen LogP contribution in [-0.2, 0) is 19.5 Å². The Hall–Kier alpha value is -1.65. The minimum absolute atomic E-state index is 0.591. The third-order valence-electron chi connectivity index (χ3n) is 5.13. The Kier molecular flexibility index (Phi) is 5.69. The molecular weight excluding hydrogens is 296 g/mol. The van der Waals surface area contributed by atoms with Crippen molar-refractivity contribution in [2.45, 2.75) is 39.4 Å². The highest BCUT2D eigenvalue weighted by Crippen LogP contribution is 2.17. The van der Waals surface area contributed by atoms with Crippen molar-refractivity contribution < 1.29 is 0 Å². The van der Waals surface area contributed by atoms with E-state index >= 15 is 0 Å². The van der Waals surface area contributed by atoms with Gasteiger partial charge in [-0.15, -0.1) is 0 Å². The summed E-state index contributed by atoms with van der Waals surface area (Å²) in [4.78, 5) is 9.62. The Bertz CT molecular complexity index is 620. The van der Waals surface area contributed by atoms with Crippen LogP contribution in [0.4, 0.5) is 0 Å². The average Bonchev–Trinajstić information content (AvgIpc) is 2.93. The van der Waals surface area contributed by atoms with Crippen molar-refractivity contribution >= 4 is 0 Å². The van der Waals surface area contributed by atoms with Crippen LogP contribution in [0, 0.1) is 5.92 Å². The highest BCUT2D eigenvalue weighted by atomic mass is 15.2. The Labute approximate surface area is 146 Å². The van der Waals surface area contributed by atoms with Crippen molar-refractivity contribution in [3.05, 3.63) is 54.1 Å². The molecule has 0 N–H and O–H groups in total. The van der Waals surface area contributed by atoms with E-state index in [1.807, 2.05) is 6.20 Å². The number of hydrogen-bond donors (Lipinski definition) is 0. The van der Waals surface area contributed by atoms with E-state index in [0.29, 0.717) is 12.0 Å². The number of hydrogen-bond acceptors (Lipinski definition) is 3. The zero-order chi connectivity index (χ0) is 16.9. The van der Waals surface area contributed by atoms with Crippen LogP contribution in [0.25, 0.3) is 0 Å². The van der Waals surface area contributed by atoms with Gasteiger partial charge in [-0.25, -0.2) is 4.98 Å². The second kappa shape index (κ2) is 7.95. The van der Waals surface area contributed by atoms with Crippen LogP contribution < -0.4 is 0 Å². The normalized spacial score (nSPS) is 18.8. The van der Waals surface area contributed by atoms with Gasteiger partial charge < -0.3 is 9.47 Å². The van der Waals surface area contributed by atoms with Gasteiger partial charge in [0.05, 0.1) is 6.54 Å². The molecule has 1 aliphatic heterocycles. The highest BCUT2D eigenvalue weighted by Gasteiger charge is 2.23. The molecule has 2 aromatic rings. The molecule has 0 amide bonds. The molecule has 1 atom stereocenters. The molecule has 0 saturated heterocycles. The maximum Gasteiger partial charge on any atom is 0.122 e. The van der Waals surface area contributed by atoms with Crippen LogP contribution in [0.15, 0.2) is 42.7 Å². The molecule has 1 aromatic heterocycles. The van der Waals surface area contributed by atoms with Crippen LogP contribution in [0.2, 0.25) is 0 Å². The second-order valence-corrected chi connectivity index (χ2v) is 7.37. The summed E-state index contributed by atoms with van der Waals surface area (Å²) in [5.74, 6) is 1.85. The van der Waals surface area contributed by atoms with Crippen LogP contribution >= 0.6 is 0 Å². The van der Waals surface area contributed by atoms with Gasteiger partial charge in [0.2, 0.25) is 0 Å². The molecule has 1 aromatic carbocycles. The van der Waals surface area contributed by atoms with Gasteiger partial charge in [0.15, 0.2) is 0 Å². The summed E-state index contributed by atoms with van der Waals surface area (Å²) in [6, 6.07) is 11.4. The first-order chi connectivity index (χ1) is 11.6. The van der Waals surface area contributed by atoms with E-state index in [0.717, 1.165) is 39.1 Å². The summed E-state index contributed by atoms with van der Waals surface area (Å²) in [6.45, 7) is 9.96. The van der Waals surface area contributed by atoms with Crippen molar-refractivity contribution in [3.8, 4) is 0 Å². The molecule has 1 aliphatic rings. The maximum absolute atomic E-state index is 4.58. The molecule has 3 rings (SSSR count). The highest BCUT2D eigenvalue weighted by molar-refractivity contribution is 5.15. The molecule has 24 heavy (non-hydrogen) atoms. The van der Waals surface area contributed by atoms with Crippen molar-refractivity contribution in [2.75, 3.05) is 26.7 Å². The first kappa shape index (κ1) is 17.2. The lowest BCUT2D eigenvalue weighted by Gasteiger charge is -2.29. The molecule has 0 bridgehead atoms. The number of fused-ring (bicyclic) bond motifs is 1. The number of rotatable bonds is 6. The Morgan fingerprint density at radius 1 is 1.21 bits per heavy atom. The van der Waals surface area contributed by atoms with Gasteiger partial charge in [-0.2, -0.15) is 0 Å². The fraction of sp³-hybridized carbons (Fsp3) is 0.550. The number of benzene rings is 1. The van der Waals surface area contributed by atoms with Gasteiger partial charge in [-0.1, -0.05) is 30.3 Å². The predicted octanol–water partition coefficient (Wildman–Crippen LogP) is 2.90. The third kappa shape index (κ3) is 4.46. The first-order valence-electron chi connectivity index (χ1n) is 9.08. The van der Waals surface area contributed by atoms with Gasteiger partial charge in [0, 0.05) is 50.5 Å².